The van der Waals surface area contributed by atoms with Crippen molar-refractivity contribution in [3.05, 3.63) is 60.7 Å². The van der Waals surface area contributed by atoms with Crippen LogP contribution in [0.15, 0.2) is 65.1 Å². The summed E-state index contributed by atoms with van der Waals surface area (Å²) in [7, 11) is 0. The van der Waals surface area contributed by atoms with Crippen LogP contribution in [0.5, 0.6) is 5.75 Å². The van der Waals surface area contributed by atoms with E-state index in [0.29, 0.717) is 5.76 Å². The smallest absolute Gasteiger partial charge is 0.401 e. The van der Waals surface area contributed by atoms with Gasteiger partial charge in [-0.3, -0.25) is 0 Å². The molecular formula is C15H11ClO2. The average Bonchev–Trinajstić information content (AvgIpc) is 2.39. The quantitative estimate of drug-likeness (QED) is 0.663. The second-order valence-electron chi connectivity index (χ2n) is 3.86. The molecule has 0 radical (unpaired) electrons. The highest BCUT2D eigenvalue weighted by atomic mass is 35.5. The van der Waals surface area contributed by atoms with Gasteiger partial charge in [0.15, 0.2) is 0 Å². The predicted octanol–water partition coefficient (Wildman–Crippen LogP) is 1.09. The first kappa shape index (κ1) is 12.4. The lowest BCUT2D eigenvalue weighted by atomic mass is 10.1. The van der Waals surface area contributed by atoms with Crippen molar-refractivity contribution in [2.45, 2.75) is 0 Å². The van der Waals surface area contributed by atoms with E-state index in [1.54, 1.807) is 6.07 Å². The number of benzene rings is 2. The highest BCUT2D eigenvalue weighted by Crippen LogP contribution is 2.32. The van der Waals surface area contributed by atoms with Gasteiger partial charge in [0.25, 0.3) is 0 Å². The Balaban J connectivity index is 0.00000120. The molecule has 0 spiro atoms. The van der Waals surface area contributed by atoms with Crippen LogP contribution in [0.4, 0.5) is 0 Å². The summed E-state index contributed by atoms with van der Waals surface area (Å²) in [5.74, 6) is 0.666. The molecule has 3 heteroatoms. The molecule has 1 heterocycles. The normalized spacial score (nSPS) is 10.0. The predicted molar refractivity (Wildman–Crippen MR) is 67.7 cm³/mol. The molecule has 0 saturated carbocycles. The highest BCUT2D eigenvalue weighted by molar-refractivity contribution is 5.81. The first-order chi connectivity index (χ1) is 8.34. The molecule has 0 bridgehead atoms. The Morgan fingerprint density at radius 3 is 2.28 bits per heavy atom. The van der Waals surface area contributed by atoms with Crippen LogP contribution in [0.1, 0.15) is 0 Å². The van der Waals surface area contributed by atoms with Crippen molar-refractivity contribution in [2.75, 3.05) is 0 Å². The zero-order valence-electron chi connectivity index (χ0n) is 9.51. The van der Waals surface area contributed by atoms with Crippen LogP contribution in [0.25, 0.3) is 22.3 Å². The SMILES string of the molecule is Oc1cc2ccccc2[o+]c1-c1ccccc1.[Cl-]. The Kier molecular flexibility index (Phi) is 3.49. The largest absolute Gasteiger partial charge is 1.00 e. The molecule has 0 fully saturated rings. The minimum atomic E-state index is 0. The van der Waals surface area contributed by atoms with E-state index in [4.69, 9.17) is 4.42 Å². The maximum absolute atomic E-state index is 9.97. The van der Waals surface area contributed by atoms with Gasteiger partial charge in [-0.2, -0.15) is 0 Å². The third kappa shape index (κ3) is 2.15. The van der Waals surface area contributed by atoms with Gasteiger partial charge in [0.1, 0.15) is 0 Å². The highest BCUT2D eigenvalue weighted by Gasteiger charge is 2.20. The third-order valence-corrected chi connectivity index (χ3v) is 2.69. The van der Waals surface area contributed by atoms with Crippen LogP contribution in [-0.4, -0.2) is 5.11 Å². The molecule has 2 nitrogen and oxygen atoms in total. The minimum Gasteiger partial charge on any atom is -1.00 e. The summed E-state index contributed by atoms with van der Waals surface area (Å²) in [4.78, 5) is 0. The molecule has 0 aliphatic heterocycles. The molecule has 0 unspecified atom stereocenters. The zero-order chi connectivity index (χ0) is 11.7. The van der Waals surface area contributed by atoms with Crippen molar-refractivity contribution in [3.63, 3.8) is 0 Å². The summed E-state index contributed by atoms with van der Waals surface area (Å²) in [6, 6.07) is 18.9. The summed E-state index contributed by atoms with van der Waals surface area (Å²) >= 11 is 0. The fourth-order valence-electron chi connectivity index (χ4n) is 1.86. The molecule has 18 heavy (non-hydrogen) atoms. The third-order valence-electron chi connectivity index (χ3n) is 2.69. The maximum Gasteiger partial charge on any atom is 0.401 e. The lowest BCUT2D eigenvalue weighted by Gasteiger charge is -1.95. The Bertz CT molecular complexity index is 666. The van der Waals surface area contributed by atoms with Crippen molar-refractivity contribution in [1.29, 1.82) is 0 Å². The van der Waals surface area contributed by atoms with E-state index in [2.05, 4.69) is 0 Å². The van der Waals surface area contributed by atoms with Gasteiger partial charge in [0, 0.05) is 12.1 Å². The van der Waals surface area contributed by atoms with Crippen molar-refractivity contribution in [2.24, 2.45) is 0 Å². The molecule has 90 valence electrons. The first-order valence-corrected chi connectivity index (χ1v) is 5.45. The number of para-hydroxylation sites is 1. The van der Waals surface area contributed by atoms with Gasteiger partial charge in [-0.05, 0) is 18.2 Å². The zero-order valence-corrected chi connectivity index (χ0v) is 10.3. The second kappa shape index (κ2) is 5.07. The Morgan fingerprint density at radius 1 is 0.833 bits per heavy atom. The molecule has 3 aromatic rings. The van der Waals surface area contributed by atoms with Crippen molar-refractivity contribution >= 4 is 11.0 Å². The van der Waals surface area contributed by atoms with E-state index in [9.17, 15) is 5.11 Å². The van der Waals surface area contributed by atoms with Crippen LogP contribution < -0.4 is 12.4 Å². The maximum atomic E-state index is 9.97. The molecule has 0 amide bonds. The van der Waals surface area contributed by atoms with E-state index >= 15 is 0 Å². The summed E-state index contributed by atoms with van der Waals surface area (Å²) in [5.41, 5.74) is 1.64. The number of fused-ring (bicyclic) bond motifs is 1. The number of hydrogen-bond donors (Lipinski definition) is 1. The van der Waals surface area contributed by atoms with E-state index < -0.39 is 0 Å². The van der Waals surface area contributed by atoms with Crippen LogP contribution in [0.2, 0.25) is 0 Å². The Hall–Kier alpha value is -2.06. The van der Waals surface area contributed by atoms with Gasteiger partial charge >= 0.3 is 11.3 Å². The molecule has 1 N–H and O–H groups in total. The van der Waals surface area contributed by atoms with Gasteiger partial charge in [0.05, 0.1) is 10.9 Å². The second-order valence-corrected chi connectivity index (χ2v) is 3.86. The van der Waals surface area contributed by atoms with Crippen LogP contribution >= 0.6 is 0 Å². The number of rotatable bonds is 1. The van der Waals surface area contributed by atoms with E-state index in [1.807, 2.05) is 54.6 Å². The molecule has 0 aliphatic carbocycles. The molecule has 1 aromatic heterocycles. The fourth-order valence-corrected chi connectivity index (χ4v) is 1.86. The van der Waals surface area contributed by atoms with E-state index in [0.717, 1.165) is 16.5 Å². The van der Waals surface area contributed by atoms with E-state index in [1.165, 1.54) is 0 Å². The van der Waals surface area contributed by atoms with Gasteiger partial charge in [0.2, 0.25) is 5.75 Å². The lowest BCUT2D eigenvalue weighted by Crippen LogP contribution is -3.00. The molecule has 0 saturated heterocycles. The monoisotopic (exact) mass is 258 g/mol. The van der Waals surface area contributed by atoms with Gasteiger partial charge in [-0.15, -0.1) is 0 Å². The molecule has 3 rings (SSSR count). The van der Waals surface area contributed by atoms with Gasteiger partial charge < -0.3 is 17.5 Å². The summed E-state index contributed by atoms with van der Waals surface area (Å²) < 4.78 is 5.73. The molecule has 2 aromatic carbocycles. The van der Waals surface area contributed by atoms with Crippen LogP contribution in [0, 0.1) is 0 Å². The summed E-state index contributed by atoms with van der Waals surface area (Å²) in [5, 5.41) is 10.9. The molecule has 0 aliphatic rings. The standard InChI is InChI=1S/C15H10O2.ClH/c16-13-10-12-8-4-5-9-14(12)17-15(13)11-6-2-1-3-7-11;/h1-10H;1H. The van der Waals surface area contributed by atoms with Crippen molar-refractivity contribution in [1.82, 2.24) is 0 Å². The van der Waals surface area contributed by atoms with Crippen LogP contribution in [-0.2, 0) is 0 Å². The Morgan fingerprint density at radius 2 is 1.50 bits per heavy atom. The number of hydrogen-bond acceptors (Lipinski definition) is 1. The summed E-state index contributed by atoms with van der Waals surface area (Å²) in [6.07, 6.45) is 0. The van der Waals surface area contributed by atoms with Gasteiger partial charge in [-0.1, -0.05) is 30.3 Å². The van der Waals surface area contributed by atoms with Crippen molar-refractivity contribution in [3.8, 4) is 17.1 Å². The Labute approximate surface area is 111 Å². The molecular weight excluding hydrogens is 248 g/mol. The summed E-state index contributed by atoms with van der Waals surface area (Å²) in [6.45, 7) is 0. The average molecular weight is 259 g/mol. The minimum absolute atomic E-state index is 0. The van der Waals surface area contributed by atoms with Crippen molar-refractivity contribution < 1.29 is 21.9 Å². The topological polar surface area (TPSA) is 31.5 Å². The number of aromatic hydroxyl groups is 1. The van der Waals surface area contributed by atoms with Gasteiger partial charge in [-0.25, -0.2) is 4.42 Å². The van der Waals surface area contributed by atoms with Crippen LogP contribution in [0.3, 0.4) is 0 Å². The first-order valence-electron chi connectivity index (χ1n) is 5.45. The van der Waals surface area contributed by atoms with E-state index in [-0.39, 0.29) is 18.2 Å². The molecule has 0 atom stereocenters. The lowest BCUT2D eigenvalue weighted by molar-refractivity contribution is -0.00000466. The number of halogens is 1. The fraction of sp³-hybridized carbons (Fsp3) is 0.